The zero-order chi connectivity index (χ0) is 12.8. The number of nitrogens with one attached hydrogen (secondary N) is 1. The molecule has 0 aliphatic carbocycles. The van der Waals surface area contributed by atoms with Gasteiger partial charge in [-0.1, -0.05) is 6.42 Å². The minimum atomic E-state index is -0.460. The first kappa shape index (κ1) is 13.1. The van der Waals surface area contributed by atoms with Crippen LogP contribution >= 0.6 is 11.8 Å². The molecule has 1 unspecified atom stereocenters. The highest BCUT2D eigenvalue weighted by Gasteiger charge is 2.14. The summed E-state index contributed by atoms with van der Waals surface area (Å²) in [5.41, 5.74) is 0.235. The largest absolute Gasteiger partial charge is 0.464 e. The predicted octanol–water partition coefficient (Wildman–Crippen LogP) is 1.96. The van der Waals surface area contributed by atoms with Crippen molar-refractivity contribution in [1.29, 1.82) is 0 Å². The summed E-state index contributed by atoms with van der Waals surface area (Å²) in [5.74, 6) is 1.41. The van der Waals surface area contributed by atoms with E-state index in [2.05, 4.69) is 20.0 Å². The first-order valence-corrected chi connectivity index (χ1v) is 7.10. The van der Waals surface area contributed by atoms with Crippen molar-refractivity contribution in [2.24, 2.45) is 0 Å². The van der Waals surface area contributed by atoms with Gasteiger partial charge >= 0.3 is 5.97 Å². The molecule has 98 valence electrons. The summed E-state index contributed by atoms with van der Waals surface area (Å²) in [6.45, 7) is 0.865. The Hall–Kier alpha value is -1.30. The van der Waals surface area contributed by atoms with E-state index >= 15 is 0 Å². The Kier molecular flexibility index (Phi) is 4.81. The van der Waals surface area contributed by atoms with Crippen LogP contribution in [0, 0.1) is 0 Å². The van der Waals surface area contributed by atoms with E-state index < -0.39 is 5.97 Å². The van der Waals surface area contributed by atoms with Crippen LogP contribution in [0.5, 0.6) is 0 Å². The fraction of sp³-hybridized carbons (Fsp3) is 0.583. The number of aromatic nitrogens is 2. The highest BCUT2D eigenvalue weighted by molar-refractivity contribution is 7.99. The lowest BCUT2D eigenvalue weighted by atomic mass is 10.2. The Morgan fingerprint density at radius 3 is 3.17 bits per heavy atom. The minimum absolute atomic E-state index is 0.235. The van der Waals surface area contributed by atoms with E-state index in [0.29, 0.717) is 11.1 Å². The summed E-state index contributed by atoms with van der Waals surface area (Å²) in [7, 11) is 1.34. The second-order valence-corrected chi connectivity index (χ2v) is 5.56. The molecule has 5 nitrogen and oxygen atoms in total. The Balaban J connectivity index is 1.90. The van der Waals surface area contributed by atoms with Crippen LogP contribution in [0.3, 0.4) is 0 Å². The smallest absolute Gasteiger partial charge is 0.358 e. The van der Waals surface area contributed by atoms with Crippen molar-refractivity contribution in [3.8, 4) is 0 Å². The average molecular weight is 267 g/mol. The van der Waals surface area contributed by atoms with Crippen molar-refractivity contribution < 1.29 is 9.53 Å². The normalized spacial score (nSPS) is 19.3. The van der Waals surface area contributed by atoms with Gasteiger partial charge in [0.05, 0.1) is 19.5 Å². The molecule has 6 heteroatoms. The van der Waals surface area contributed by atoms with Crippen molar-refractivity contribution in [3.63, 3.8) is 0 Å². The number of nitrogens with zero attached hydrogens (tertiary/aromatic N) is 2. The number of anilines is 1. The van der Waals surface area contributed by atoms with Crippen molar-refractivity contribution in [3.05, 3.63) is 18.1 Å². The number of thioether (sulfide) groups is 1. The van der Waals surface area contributed by atoms with Gasteiger partial charge in [0, 0.05) is 11.8 Å². The monoisotopic (exact) mass is 267 g/mol. The lowest BCUT2D eigenvalue weighted by Crippen LogP contribution is -2.21. The maximum Gasteiger partial charge on any atom is 0.358 e. The summed E-state index contributed by atoms with van der Waals surface area (Å²) in [6, 6.07) is 0. The Morgan fingerprint density at radius 1 is 1.56 bits per heavy atom. The molecule has 0 radical (unpaired) electrons. The Bertz CT molecular complexity index is 408. The van der Waals surface area contributed by atoms with Crippen LogP contribution in [0.15, 0.2) is 12.4 Å². The molecule has 1 aliphatic heterocycles. The van der Waals surface area contributed by atoms with Crippen molar-refractivity contribution >= 4 is 23.5 Å². The van der Waals surface area contributed by atoms with Crippen LogP contribution in [0.4, 0.5) is 5.82 Å². The molecular weight excluding hydrogens is 250 g/mol. The van der Waals surface area contributed by atoms with E-state index in [1.54, 1.807) is 6.20 Å². The third kappa shape index (κ3) is 3.60. The van der Waals surface area contributed by atoms with Crippen LogP contribution in [0.1, 0.15) is 29.8 Å². The second kappa shape index (κ2) is 6.58. The number of carbonyl (C=O) groups excluding carboxylic acids is 1. The van der Waals surface area contributed by atoms with E-state index in [0.717, 1.165) is 6.54 Å². The molecule has 0 saturated carbocycles. The number of methoxy groups -OCH3 is 1. The molecule has 18 heavy (non-hydrogen) atoms. The van der Waals surface area contributed by atoms with Gasteiger partial charge in [0.15, 0.2) is 5.69 Å². The third-order valence-electron chi connectivity index (χ3n) is 2.81. The second-order valence-electron chi connectivity index (χ2n) is 4.15. The van der Waals surface area contributed by atoms with E-state index in [9.17, 15) is 4.79 Å². The van der Waals surface area contributed by atoms with Gasteiger partial charge < -0.3 is 10.1 Å². The van der Waals surface area contributed by atoms with Crippen molar-refractivity contribution in [1.82, 2.24) is 9.97 Å². The SMILES string of the molecule is COC(=O)c1cncc(NCC2CCCCS2)n1. The summed E-state index contributed by atoms with van der Waals surface area (Å²) >= 11 is 2.00. The molecule has 1 fully saturated rings. The number of rotatable bonds is 4. The maximum atomic E-state index is 11.3. The molecule has 1 atom stereocenters. The van der Waals surface area contributed by atoms with Gasteiger partial charge in [-0.2, -0.15) is 11.8 Å². The number of hydrogen-bond donors (Lipinski definition) is 1. The van der Waals surface area contributed by atoms with Gasteiger partial charge in [-0.3, -0.25) is 4.98 Å². The molecule has 0 amide bonds. The third-order valence-corrected chi connectivity index (χ3v) is 4.21. The van der Waals surface area contributed by atoms with E-state index in [4.69, 9.17) is 0 Å². The van der Waals surface area contributed by atoms with Crippen LogP contribution in [0.25, 0.3) is 0 Å². The van der Waals surface area contributed by atoms with Gasteiger partial charge in [0.1, 0.15) is 5.82 Å². The molecule has 0 bridgehead atoms. The topological polar surface area (TPSA) is 64.1 Å². The van der Waals surface area contributed by atoms with Gasteiger partial charge in [0.2, 0.25) is 0 Å². The molecule has 1 aromatic rings. The Labute approximate surface area is 111 Å². The van der Waals surface area contributed by atoms with Crippen molar-refractivity contribution in [2.75, 3.05) is 24.7 Å². The standard InChI is InChI=1S/C12H17N3O2S/c1-17-12(16)10-7-13-8-11(15-10)14-6-9-4-2-3-5-18-9/h7-9H,2-6H2,1H3,(H,14,15). The lowest BCUT2D eigenvalue weighted by Gasteiger charge is -2.21. The van der Waals surface area contributed by atoms with E-state index in [1.165, 1.54) is 38.3 Å². The molecule has 0 aromatic carbocycles. The summed E-state index contributed by atoms with van der Waals surface area (Å²) in [6.07, 6.45) is 6.89. The number of hydrogen-bond acceptors (Lipinski definition) is 6. The lowest BCUT2D eigenvalue weighted by molar-refractivity contribution is 0.0593. The Morgan fingerprint density at radius 2 is 2.44 bits per heavy atom. The van der Waals surface area contributed by atoms with Crippen molar-refractivity contribution in [2.45, 2.75) is 24.5 Å². The van der Waals surface area contributed by atoms with E-state index in [-0.39, 0.29) is 5.69 Å². The van der Waals surface area contributed by atoms with Gasteiger partial charge in [-0.25, -0.2) is 9.78 Å². The molecular formula is C12H17N3O2S. The number of carbonyl (C=O) groups is 1. The summed E-state index contributed by atoms with van der Waals surface area (Å²) < 4.78 is 4.61. The van der Waals surface area contributed by atoms with Gasteiger partial charge in [-0.05, 0) is 18.6 Å². The number of esters is 1. The highest BCUT2D eigenvalue weighted by atomic mass is 32.2. The maximum absolute atomic E-state index is 11.3. The van der Waals surface area contributed by atoms with Crippen LogP contribution in [-0.4, -0.2) is 40.6 Å². The predicted molar refractivity (Wildman–Crippen MR) is 72.0 cm³/mol. The molecule has 1 saturated heterocycles. The first-order valence-electron chi connectivity index (χ1n) is 6.05. The molecule has 1 aromatic heterocycles. The zero-order valence-electron chi connectivity index (χ0n) is 10.4. The van der Waals surface area contributed by atoms with Gasteiger partial charge in [0.25, 0.3) is 0 Å². The molecule has 2 rings (SSSR count). The molecule has 1 aliphatic rings. The fourth-order valence-corrected chi connectivity index (χ4v) is 3.08. The molecule has 0 spiro atoms. The fourth-order valence-electron chi connectivity index (χ4n) is 1.84. The van der Waals surface area contributed by atoms with E-state index in [1.807, 2.05) is 11.8 Å². The zero-order valence-corrected chi connectivity index (χ0v) is 11.2. The average Bonchev–Trinajstić information content (AvgIpc) is 2.45. The minimum Gasteiger partial charge on any atom is -0.464 e. The quantitative estimate of drug-likeness (QED) is 0.841. The van der Waals surface area contributed by atoms with Crippen LogP contribution < -0.4 is 5.32 Å². The van der Waals surface area contributed by atoms with Gasteiger partial charge in [-0.15, -0.1) is 0 Å². The molecule has 2 heterocycles. The first-order chi connectivity index (χ1) is 8.79. The number of ether oxygens (including phenoxy) is 1. The van der Waals surface area contributed by atoms with Crippen LogP contribution in [0.2, 0.25) is 0 Å². The highest BCUT2D eigenvalue weighted by Crippen LogP contribution is 2.24. The van der Waals surface area contributed by atoms with Crippen LogP contribution in [-0.2, 0) is 4.74 Å². The summed E-state index contributed by atoms with van der Waals surface area (Å²) in [4.78, 5) is 19.5. The summed E-state index contributed by atoms with van der Waals surface area (Å²) in [5, 5.41) is 3.86. The molecule has 1 N–H and O–H groups in total.